The maximum absolute atomic E-state index is 11.4. The van der Waals surface area contributed by atoms with Gasteiger partial charge in [0.2, 0.25) is 0 Å². The molecule has 1 aliphatic heterocycles. The number of nitrogens with two attached hydrogens (primary N) is 1. The first-order valence-electron chi connectivity index (χ1n) is 5.91. The van der Waals surface area contributed by atoms with Gasteiger partial charge in [-0.25, -0.2) is 4.98 Å². The molecule has 1 amide bonds. The van der Waals surface area contributed by atoms with Crippen LogP contribution < -0.4 is 16.0 Å². The number of hydrogen-bond acceptors (Lipinski definition) is 6. The Morgan fingerprint density at radius 3 is 3.00 bits per heavy atom. The molecule has 102 valence electrons. The highest BCUT2D eigenvalue weighted by atomic mass is 16.6. The number of pyridine rings is 1. The van der Waals surface area contributed by atoms with Crippen molar-refractivity contribution in [2.24, 2.45) is 5.73 Å². The summed E-state index contributed by atoms with van der Waals surface area (Å²) in [6.07, 6.45) is 1.15. The van der Waals surface area contributed by atoms with Gasteiger partial charge in [0.1, 0.15) is 12.0 Å². The van der Waals surface area contributed by atoms with Crippen LogP contribution in [0.25, 0.3) is 0 Å². The smallest absolute Gasteiger partial charge is 0.288 e. The van der Waals surface area contributed by atoms with Crippen LogP contribution in [-0.4, -0.2) is 41.5 Å². The molecule has 0 radical (unpaired) electrons. The molecule has 2 rings (SSSR count). The Bertz CT molecular complexity index is 519. The Balaban J connectivity index is 2.38. The number of amides is 1. The van der Waals surface area contributed by atoms with Gasteiger partial charge in [0.05, 0.1) is 10.5 Å². The fraction of sp³-hybridized carbons (Fsp3) is 0.455. The standard InChI is InChI=1S/C11H15N5O3/c1-7-6-15(3-2-13-7)11-9(10(12)17)4-8(5-14-11)16(18)19/h4-5,7,13H,2-3,6H2,1H3,(H2,12,17)/t7-/m0/s1. The van der Waals surface area contributed by atoms with Gasteiger partial charge in [-0.15, -0.1) is 0 Å². The van der Waals surface area contributed by atoms with E-state index in [0.29, 0.717) is 18.9 Å². The van der Waals surface area contributed by atoms with Gasteiger partial charge in [0.25, 0.3) is 11.6 Å². The molecule has 1 aromatic heterocycles. The summed E-state index contributed by atoms with van der Waals surface area (Å²) in [6, 6.07) is 1.43. The third-order valence-corrected chi connectivity index (χ3v) is 3.00. The number of primary amides is 1. The fourth-order valence-electron chi connectivity index (χ4n) is 2.10. The Kier molecular flexibility index (Phi) is 3.61. The summed E-state index contributed by atoms with van der Waals surface area (Å²) in [4.78, 5) is 27.5. The molecule has 2 heterocycles. The number of nitro groups is 1. The van der Waals surface area contributed by atoms with Crippen molar-refractivity contribution in [1.29, 1.82) is 0 Å². The van der Waals surface area contributed by atoms with Crippen molar-refractivity contribution in [3.8, 4) is 0 Å². The summed E-state index contributed by atoms with van der Waals surface area (Å²) in [7, 11) is 0. The molecule has 1 fully saturated rings. The van der Waals surface area contributed by atoms with E-state index in [4.69, 9.17) is 5.73 Å². The van der Waals surface area contributed by atoms with Crippen molar-refractivity contribution in [3.05, 3.63) is 27.9 Å². The molecule has 1 aliphatic rings. The van der Waals surface area contributed by atoms with Crippen LogP contribution in [-0.2, 0) is 0 Å². The number of nitrogens with one attached hydrogen (secondary N) is 1. The molecular weight excluding hydrogens is 250 g/mol. The van der Waals surface area contributed by atoms with Gasteiger partial charge in [0.15, 0.2) is 0 Å². The van der Waals surface area contributed by atoms with E-state index in [2.05, 4.69) is 10.3 Å². The predicted molar refractivity (Wildman–Crippen MR) is 69.1 cm³/mol. The SMILES string of the molecule is C[C@H]1CN(c2ncc([N+](=O)[O-])cc2C(N)=O)CCN1. The van der Waals surface area contributed by atoms with Crippen LogP contribution in [0.5, 0.6) is 0 Å². The number of rotatable bonds is 3. The lowest BCUT2D eigenvalue weighted by molar-refractivity contribution is -0.385. The number of hydrogen-bond donors (Lipinski definition) is 2. The summed E-state index contributed by atoms with van der Waals surface area (Å²) in [6.45, 7) is 4.13. The predicted octanol–water partition coefficient (Wildman–Crippen LogP) is -0.113. The average Bonchev–Trinajstić information content (AvgIpc) is 2.37. The van der Waals surface area contributed by atoms with Crippen molar-refractivity contribution in [1.82, 2.24) is 10.3 Å². The van der Waals surface area contributed by atoms with E-state index in [1.54, 1.807) is 0 Å². The molecule has 0 unspecified atom stereocenters. The van der Waals surface area contributed by atoms with E-state index in [0.717, 1.165) is 12.7 Å². The second kappa shape index (κ2) is 5.19. The molecule has 1 saturated heterocycles. The van der Waals surface area contributed by atoms with E-state index in [1.807, 2.05) is 11.8 Å². The zero-order valence-electron chi connectivity index (χ0n) is 10.5. The minimum absolute atomic E-state index is 0.0864. The first-order valence-corrected chi connectivity index (χ1v) is 5.91. The third-order valence-electron chi connectivity index (χ3n) is 3.00. The summed E-state index contributed by atoms with van der Waals surface area (Å²) >= 11 is 0. The van der Waals surface area contributed by atoms with Gasteiger partial charge in [-0.1, -0.05) is 0 Å². The van der Waals surface area contributed by atoms with Crippen LogP contribution in [0.2, 0.25) is 0 Å². The lowest BCUT2D eigenvalue weighted by Crippen LogP contribution is -2.50. The number of nitrogens with zero attached hydrogens (tertiary/aromatic N) is 3. The van der Waals surface area contributed by atoms with E-state index in [-0.39, 0.29) is 17.3 Å². The van der Waals surface area contributed by atoms with E-state index in [9.17, 15) is 14.9 Å². The van der Waals surface area contributed by atoms with Gasteiger partial charge in [0, 0.05) is 31.7 Å². The molecule has 1 aromatic rings. The van der Waals surface area contributed by atoms with Gasteiger partial charge < -0.3 is 16.0 Å². The second-order valence-corrected chi connectivity index (χ2v) is 4.49. The monoisotopic (exact) mass is 265 g/mol. The zero-order chi connectivity index (χ0) is 14.0. The Labute approximate surface area is 109 Å². The topological polar surface area (TPSA) is 114 Å². The van der Waals surface area contributed by atoms with Crippen molar-refractivity contribution in [2.75, 3.05) is 24.5 Å². The molecule has 3 N–H and O–H groups in total. The Morgan fingerprint density at radius 2 is 2.42 bits per heavy atom. The molecule has 1 atom stereocenters. The molecule has 8 heteroatoms. The van der Waals surface area contributed by atoms with Crippen LogP contribution in [0.3, 0.4) is 0 Å². The van der Waals surface area contributed by atoms with Crippen molar-refractivity contribution >= 4 is 17.4 Å². The molecule has 0 aliphatic carbocycles. The maximum Gasteiger partial charge on any atom is 0.288 e. The van der Waals surface area contributed by atoms with Crippen LogP contribution in [0.1, 0.15) is 17.3 Å². The van der Waals surface area contributed by atoms with E-state index >= 15 is 0 Å². The summed E-state index contributed by atoms with van der Waals surface area (Å²) in [5.74, 6) is -0.302. The summed E-state index contributed by atoms with van der Waals surface area (Å²) in [5.41, 5.74) is 5.13. The van der Waals surface area contributed by atoms with Crippen molar-refractivity contribution < 1.29 is 9.72 Å². The lowest BCUT2D eigenvalue weighted by Gasteiger charge is -2.33. The van der Waals surface area contributed by atoms with Gasteiger partial charge in [-0.3, -0.25) is 14.9 Å². The second-order valence-electron chi connectivity index (χ2n) is 4.49. The fourth-order valence-corrected chi connectivity index (χ4v) is 2.10. The van der Waals surface area contributed by atoms with E-state index < -0.39 is 10.8 Å². The van der Waals surface area contributed by atoms with Gasteiger partial charge in [-0.05, 0) is 6.92 Å². The molecule has 0 spiro atoms. The zero-order valence-corrected chi connectivity index (χ0v) is 10.5. The van der Waals surface area contributed by atoms with Gasteiger partial charge in [-0.2, -0.15) is 0 Å². The van der Waals surface area contributed by atoms with Crippen LogP contribution in [0.15, 0.2) is 12.3 Å². The Morgan fingerprint density at radius 1 is 1.68 bits per heavy atom. The quantitative estimate of drug-likeness (QED) is 0.582. The third kappa shape index (κ3) is 2.79. The first kappa shape index (κ1) is 13.2. The number of piperazine rings is 1. The van der Waals surface area contributed by atoms with Crippen LogP contribution in [0.4, 0.5) is 11.5 Å². The molecule has 0 aromatic carbocycles. The number of carbonyl (C=O) groups excluding carboxylic acids is 1. The normalized spacial score (nSPS) is 19.2. The number of aromatic nitrogens is 1. The molecule has 19 heavy (non-hydrogen) atoms. The lowest BCUT2D eigenvalue weighted by atomic mass is 10.1. The first-order chi connectivity index (χ1) is 8.99. The van der Waals surface area contributed by atoms with Crippen LogP contribution in [0, 0.1) is 10.1 Å². The van der Waals surface area contributed by atoms with Crippen molar-refractivity contribution in [2.45, 2.75) is 13.0 Å². The summed E-state index contributed by atoms with van der Waals surface area (Å²) in [5, 5.41) is 14.0. The van der Waals surface area contributed by atoms with Gasteiger partial charge >= 0.3 is 0 Å². The minimum Gasteiger partial charge on any atom is -0.365 e. The average molecular weight is 265 g/mol. The summed E-state index contributed by atoms with van der Waals surface area (Å²) < 4.78 is 0. The highest BCUT2D eigenvalue weighted by molar-refractivity contribution is 5.98. The van der Waals surface area contributed by atoms with Crippen LogP contribution >= 0.6 is 0 Å². The molecule has 8 nitrogen and oxygen atoms in total. The minimum atomic E-state index is -0.711. The highest BCUT2D eigenvalue weighted by Gasteiger charge is 2.23. The molecule has 0 bridgehead atoms. The highest BCUT2D eigenvalue weighted by Crippen LogP contribution is 2.23. The molecular formula is C11H15N5O3. The molecule has 0 saturated carbocycles. The Hall–Kier alpha value is -2.22. The largest absolute Gasteiger partial charge is 0.365 e. The van der Waals surface area contributed by atoms with E-state index in [1.165, 1.54) is 6.07 Å². The number of anilines is 1. The maximum atomic E-state index is 11.4. The number of carbonyl (C=O) groups is 1. The van der Waals surface area contributed by atoms with Crippen molar-refractivity contribution in [3.63, 3.8) is 0 Å².